The van der Waals surface area contributed by atoms with Crippen LogP contribution in [-0.2, 0) is 13.0 Å². The lowest BCUT2D eigenvalue weighted by molar-refractivity contribution is 0.0697. The van der Waals surface area contributed by atoms with Crippen molar-refractivity contribution in [2.45, 2.75) is 20.0 Å². The molecule has 0 bridgehead atoms. The Morgan fingerprint density at radius 1 is 1.17 bits per heavy atom. The van der Waals surface area contributed by atoms with Crippen LogP contribution in [0.25, 0.3) is 10.9 Å². The number of benzene rings is 3. The molecule has 0 saturated heterocycles. The largest absolute Gasteiger partial charge is 0.487 e. The van der Waals surface area contributed by atoms with E-state index in [1.165, 1.54) is 23.0 Å². The molecule has 0 amide bonds. The van der Waals surface area contributed by atoms with Gasteiger partial charge in [0, 0.05) is 21.5 Å². The molecule has 1 N–H and O–H groups in total. The SMILES string of the molecule is CCc1nc2ccc(Br)cc2c(=O)n1N=Cc1cc(Cl)cc(Br)c1OCc1ccc(C(=O)O)cc1. The van der Waals surface area contributed by atoms with Crippen LogP contribution >= 0.6 is 43.5 Å². The summed E-state index contributed by atoms with van der Waals surface area (Å²) in [6.07, 6.45) is 2.01. The molecule has 10 heteroatoms. The van der Waals surface area contributed by atoms with Gasteiger partial charge in [-0.25, -0.2) is 9.78 Å². The predicted molar refractivity (Wildman–Crippen MR) is 143 cm³/mol. The van der Waals surface area contributed by atoms with E-state index < -0.39 is 5.97 Å². The van der Waals surface area contributed by atoms with E-state index in [9.17, 15) is 9.59 Å². The Morgan fingerprint density at radius 2 is 1.91 bits per heavy atom. The van der Waals surface area contributed by atoms with E-state index in [0.717, 1.165) is 10.0 Å². The lowest BCUT2D eigenvalue weighted by Crippen LogP contribution is -2.22. The second kappa shape index (κ2) is 10.7. The number of hydrogen-bond donors (Lipinski definition) is 1. The number of aromatic nitrogens is 2. The summed E-state index contributed by atoms with van der Waals surface area (Å²) in [5.74, 6) is -0.000142. The van der Waals surface area contributed by atoms with Gasteiger partial charge in [-0.3, -0.25) is 4.79 Å². The third kappa shape index (κ3) is 5.63. The number of ether oxygens (including phenoxy) is 1. The molecule has 35 heavy (non-hydrogen) atoms. The maximum atomic E-state index is 13.2. The van der Waals surface area contributed by atoms with Gasteiger partial charge < -0.3 is 9.84 Å². The molecule has 4 aromatic rings. The molecule has 3 aromatic carbocycles. The van der Waals surface area contributed by atoms with Crippen molar-refractivity contribution < 1.29 is 14.6 Å². The number of aromatic carboxylic acids is 1. The first-order valence-electron chi connectivity index (χ1n) is 10.5. The zero-order valence-corrected chi connectivity index (χ0v) is 22.3. The van der Waals surface area contributed by atoms with E-state index in [1.807, 2.05) is 13.0 Å². The standard InChI is InChI=1S/C25H18Br2ClN3O4/c1-2-22-30-21-8-7-17(26)10-19(21)24(32)31(22)29-12-16-9-18(28)11-20(27)23(16)35-13-14-3-5-15(6-4-14)25(33)34/h3-12H,2,13H2,1H3,(H,33,34). The first-order valence-corrected chi connectivity index (χ1v) is 12.4. The van der Waals surface area contributed by atoms with Crippen LogP contribution in [0.4, 0.5) is 0 Å². The quantitative estimate of drug-likeness (QED) is 0.245. The number of nitrogens with zero attached hydrogens (tertiary/aromatic N) is 3. The van der Waals surface area contributed by atoms with Crippen molar-refractivity contribution in [3.63, 3.8) is 0 Å². The van der Waals surface area contributed by atoms with Gasteiger partial charge >= 0.3 is 5.97 Å². The average Bonchev–Trinajstić information content (AvgIpc) is 2.83. The summed E-state index contributed by atoms with van der Waals surface area (Å²) in [4.78, 5) is 28.8. The summed E-state index contributed by atoms with van der Waals surface area (Å²) >= 11 is 13.1. The van der Waals surface area contributed by atoms with Crippen LogP contribution in [0.1, 0.15) is 34.2 Å². The van der Waals surface area contributed by atoms with Gasteiger partial charge in [-0.05, 0) is 64.0 Å². The lowest BCUT2D eigenvalue weighted by Gasteiger charge is -2.13. The molecule has 1 aromatic heterocycles. The van der Waals surface area contributed by atoms with Crippen LogP contribution in [0, 0.1) is 0 Å². The van der Waals surface area contributed by atoms with Crippen LogP contribution in [0.2, 0.25) is 5.02 Å². The number of carbonyl (C=O) groups is 1. The maximum absolute atomic E-state index is 13.2. The average molecular weight is 620 g/mol. The first kappa shape index (κ1) is 25.1. The predicted octanol–water partition coefficient (Wildman–Crippen LogP) is 6.30. The van der Waals surface area contributed by atoms with Crippen LogP contribution in [0.5, 0.6) is 5.75 Å². The molecule has 178 valence electrons. The summed E-state index contributed by atoms with van der Waals surface area (Å²) in [5, 5.41) is 14.4. The monoisotopic (exact) mass is 617 g/mol. The lowest BCUT2D eigenvalue weighted by atomic mass is 10.1. The highest BCUT2D eigenvalue weighted by Gasteiger charge is 2.13. The Balaban J connectivity index is 1.70. The molecule has 1 heterocycles. The second-order valence-corrected chi connectivity index (χ2v) is 9.71. The van der Waals surface area contributed by atoms with Crippen molar-refractivity contribution in [1.29, 1.82) is 0 Å². The summed E-state index contributed by atoms with van der Waals surface area (Å²) in [7, 11) is 0. The summed E-state index contributed by atoms with van der Waals surface area (Å²) in [6.45, 7) is 2.09. The van der Waals surface area contributed by atoms with E-state index in [4.69, 9.17) is 21.4 Å². The fraction of sp³-hybridized carbons (Fsp3) is 0.120. The normalized spacial score (nSPS) is 11.3. The van der Waals surface area contributed by atoms with Crippen molar-refractivity contribution in [1.82, 2.24) is 9.66 Å². The van der Waals surface area contributed by atoms with Gasteiger partial charge in [-0.1, -0.05) is 46.6 Å². The minimum Gasteiger partial charge on any atom is -0.487 e. The number of fused-ring (bicyclic) bond motifs is 1. The highest BCUT2D eigenvalue weighted by Crippen LogP contribution is 2.32. The molecular weight excluding hydrogens is 602 g/mol. The van der Waals surface area contributed by atoms with Gasteiger partial charge in [0.05, 0.1) is 27.2 Å². The Morgan fingerprint density at radius 3 is 2.60 bits per heavy atom. The van der Waals surface area contributed by atoms with Crippen molar-refractivity contribution in [3.05, 3.63) is 101 Å². The van der Waals surface area contributed by atoms with Crippen LogP contribution < -0.4 is 10.3 Å². The molecule has 0 aliphatic heterocycles. The molecule has 0 spiro atoms. The van der Waals surface area contributed by atoms with E-state index in [0.29, 0.717) is 44.0 Å². The zero-order chi connectivity index (χ0) is 25.1. The maximum Gasteiger partial charge on any atom is 0.335 e. The smallest absolute Gasteiger partial charge is 0.335 e. The highest BCUT2D eigenvalue weighted by atomic mass is 79.9. The van der Waals surface area contributed by atoms with Crippen molar-refractivity contribution in [2.24, 2.45) is 5.10 Å². The second-order valence-electron chi connectivity index (χ2n) is 7.50. The van der Waals surface area contributed by atoms with Gasteiger partial charge in [0.1, 0.15) is 18.2 Å². The number of halogens is 3. The number of carboxylic acid groups (broad SMARTS) is 1. The Bertz CT molecular complexity index is 1520. The number of hydrogen-bond acceptors (Lipinski definition) is 5. The molecule has 7 nitrogen and oxygen atoms in total. The third-order valence-corrected chi connectivity index (χ3v) is 6.43. The minimum absolute atomic E-state index is 0.187. The number of carboxylic acids is 1. The molecule has 4 rings (SSSR count). The number of aryl methyl sites for hydroxylation is 1. The number of rotatable bonds is 7. The zero-order valence-electron chi connectivity index (χ0n) is 18.3. The summed E-state index contributed by atoms with van der Waals surface area (Å²) < 4.78 is 8.67. The molecule has 0 unspecified atom stereocenters. The third-order valence-electron chi connectivity index (χ3n) is 5.13. The topological polar surface area (TPSA) is 93.8 Å². The van der Waals surface area contributed by atoms with Crippen molar-refractivity contribution in [3.8, 4) is 5.75 Å². The molecule has 0 aliphatic carbocycles. The Hall–Kier alpha value is -3.01. The Kier molecular flexibility index (Phi) is 7.69. The van der Waals surface area contributed by atoms with Gasteiger partial charge in [0.25, 0.3) is 5.56 Å². The molecule has 0 radical (unpaired) electrons. The van der Waals surface area contributed by atoms with Crippen LogP contribution in [-0.4, -0.2) is 27.0 Å². The van der Waals surface area contributed by atoms with Gasteiger partial charge in [-0.2, -0.15) is 9.78 Å². The molecular formula is C25H18Br2ClN3O4. The van der Waals surface area contributed by atoms with Crippen molar-refractivity contribution in [2.75, 3.05) is 0 Å². The van der Waals surface area contributed by atoms with Crippen molar-refractivity contribution >= 4 is 66.5 Å². The summed E-state index contributed by atoms with van der Waals surface area (Å²) in [6, 6.07) is 15.1. The Labute approximate surface area is 222 Å². The minimum atomic E-state index is -0.992. The van der Waals surface area contributed by atoms with E-state index in [-0.39, 0.29) is 17.7 Å². The molecule has 0 fully saturated rings. The van der Waals surface area contributed by atoms with Gasteiger partial charge in [0.2, 0.25) is 0 Å². The highest BCUT2D eigenvalue weighted by molar-refractivity contribution is 9.10. The van der Waals surface area contributed by atoms with Gasteiger partial charge in [0.15, 0.2) is 0 Å². The fourth-order valence-corrected chi connectivity index (χ4v) is 4.70. The molecule has 0 atom stereocenters. The van der Waals surface area contributed by atoms with E-state index >= 15 is 0 Å². The van der Waals surface area contributed by atoms with E-state index in [2.05, 4.69) is 41.9 Å². The molecule has 0 aliphatic rings. The molecule has 0 saturated carbocycles. The van der Waals surface area contributed by atoms with Crippen LogP contribution in [0.15, 0.2) is 73.4 Å². The first-order chi connectivity index (χ1) is 16.8. The summed E-state index contributed by atoms with van der Waals surface area (Å²) in [5.41, 5.74) is 1.85. The van der Waals surface area contributed by atoms with E-state index in [1.54, 1.807) is 36.4 Å². The van der Waals surface area contributed by atoms with Gasteiger partial charge in [-0.15, -0.1) is 0 Å². The fourth-order valence-electron chi connectivity index (χ4n) is 3.39. The van der Waals surface area contributed by atoms with Crippen LogP contribution in [0.3, 0.4) is 0 Å².